The topological polar surface area (TPSA) is 66.8 Å². The van der Waals surface area contributed by atoms with Crippen molar-refractivity contribution in [2.24, 2.45) is 0 Å². The maximum Gasteiger partial charge on any atom is 0.303 e. The highest BCUT2D eigenvalue weighted by molar-refractivity contribution is 5.77. The highest BCUT2D eigenvalue weighted by Gasteiger charge is 2.13. The Bertz CT molecular complexity index is 740. The molecule has 0 fully saturated rings. The van der Waals surface area contributed by atoms with Gasteiger partial charge in [0.1, 0.15) is 5.75 Å². The third-order valence-electron chi connectivity index (χ3n) is 4.10. The number of hydrogen-bond donors (Lipinski definition) is 1. The van der Waals surface area contributed by atoms with Crippen LogP contribution >= 0.6 is 0 Å². The number of rotatable bonds is 9. The lowest BCUT2D eigenvalue weighted by Crippen LogP contribution is -2.34. The van der Waals surface area contributed by atoms with Crippen LogP contribution in [0.3, 0.4) is 0 Å². The van der Waals surface area contributed by atoms with Crippen molar-refractivity contribution in [3.8, 4) is 5.75 Å². The van der Waals surface area contributed by atoms with Crippen LogP contribution in [0.15, 0.2) is 48.5 Å². The number of nitrogens with zero attached hydrogens (tertiary/aromatic N) is 1. The van der Waals surface area contributed by atoms with Crippen molar-refractivity contribution < 1.29 is 19.4 Å². The van der Waals surface area contributed by atoms with Crippen LogP contribution in [0, 0.1) is 6.92 Å². The maximum atomic E-state index is 12.4. The molecule has 0 aromatic heterocycles. The Labute approximate surface area is 154 Å². The van der Waals surface area contributed by atoms with E-state index in [9.17, 15) is 9.59 Å². The maximum absolute atomic E-state index is 12.4. The molecule has 0 aliphatic carbocycles. The molecule has 0 aliphatic heterocycles. The largest absolute Gasteiger partial charge is 0.484 e. The average molecular weight is 355 g/mol. The van der Waals surface area contributed by atoms with Gasteiger partial charge >= 0.3 is 5.97 Å². The summed E-state index contributed by atoms with van der Waals surface area (Å²) < 4.78 is 5.59. The number of aliphatic carboxylic acids is 1. The Morgan fingerprint density at radius 1 is 1.08 bits per heavy atom. The summed E-state index contributed by atoms with van der Waals surface area (Å²) in [4.78, 5) is 24.8. The van der Waals surface area contributed by atoms with Crippen molar-refractivity contribution >= 4 is 11.9 Å². The fourth-order valence-corrected chi connectivity index (χ4v) is 2.65. The molecule has 0 unspecified atom stereocenters. The quantitative estimate of drug-likeness (QED) is 0.748. The molecule has 26 heavy (non-hydrogen) atoms. The molecule has 0 saturated heterocycles. The summed E-state index contributed by atoms with van der Waals surface area (Å²) in [6.07, 6.45) is 0.581. The molecule has 0 saturated carbocycles. The van der Waals surface area contributed by atoms with E-state index in [4.69, 9.17) is 9.84 Å². The molecule has 2 rings (SSSR count). The zero-order valence-electron chi connectivity index (χ0n) is 15.3. The van der Waals surface area contributed by atoms with Crippen LogP contribution in [-0.2, 0) is 22.6 Å². The van der Waals surface area contributed by atoms with Gasteiger partial charge < -0.3 is 14.7 Å². The molecule has 1 amide bonds. The first-order valence-corrected chi connectivity index (χ1v) is 8.74. The van der Waals surface area contributed by atoms with Gasteiger partial charge in [0.2, 0.25) is 0 Å². The molecule has 138 valence electrons. The average Bonchev–Trinajstić information content (AvgIpc) is 2.63. The highest BCUT2D eigenvalue weighted by Crippen LogP contribution is 2.14. The zero-order valence-corrected chi connectivity index (χ0v) is 15.3. The zero-order chi connectivity index (χ0) is 18.9. The van der Waals surface area contributed by atoms with Crippen molar-refractivity contribution in [3.63, 3.8) is 0 Å². The first-order chi connectivity index (χ1) is 12.5. The number of carbonyl (C=O) groups is 2. The lowest BCUT2D eigenvalue weighted by Gasteiger charge is -2.21. The first kappa shape index (κ1) is 19.5. The summed E-state index contributed by atoms with van der Waals surface area (Å²) in [7, 11) is 0. The lowest BCUT2D eigenvalue weighted by atomic mass is 10.1. The summed E-state index contributed by atoms with van der Waals surface area (Å²) in [6, 6.07) is 15.3. The van der Waals surface area contributed by atoms with Crippen molar-refractivity contribution in [2.45, 2.75) is 33.2 Å². The number of benzene rings is 2. The van der Waals surface area contributed by atoms with Gasteiger partial charge in [0.15, 0.2) is 6.61 Å². The fraction of sp³-hybridized carbons (Fsp3) is 0.333. The van der Waals surface area contributed by atoms with E-state index in [0.29, 0.717) is 25.3 Å². The molecule has 0 spiro atoms. The predicted octanol–water partition coefficient (Wildman–Crippen LogP) is 3.44. The van der Waals surface area contributed by atoms with Gasteiger partial charge in [-0.2, -0.15) is 0 Å². The number of ether oxygens (including phenoxy) is 1. The monoisotopic (exact) mass is 355 g/mol. The van der Waals surface area contributed by atoms with E-state index in [0.717, 1.165) is 11.1 Å². The van der Waals surface area contributed by atoms with Crippen LogP contribution < -0.4 is 4.74 Å². The third-order valence-corrected chi connectivity index (χ3v) is 4.10. The highest BCUT2D eigenvalue weighted by atomic mass is 16.5. The van der Waals surface area contributed by atoms with Crippen LogP contribution in [-0.4, -0.2) is 35.0 Å². The number of hydrogen-bond acceptors (Lipinski definition) is 3. The number of carbonyl (C=O) groups excluding carboxylic acids is 1. The third kappa shape index (κ3) is 6.24. The van der Waals surface area contributed by atoms with E-state index in [2.05, 4.69) is 6.07 Å². The van der Waals surface area contributed by atoms with Crippen LogP contribution in [0.4, 0.5) is 0 Å². The Balaban J connectivity index is 1.86. The van der Waals surface area contributed by atoms with Gasteiger partial charge in [-0.1, -0.05) is 42.0 Å². The number of carboxylic acid groups (broad SMARTS) is 1. The van der Waals surface area contributed by atoms with Gasteiger partial charge in [-0.25, -0.2) is 0 Å². The van der Waals surface area contributed by atoms with Crippen LogP contribution in [0.25, 0.3) is 0 Å². The van der Waals surface area contributed by atoms with Crippen molar-refractivity contribution in [1.82, 2.24) is 4.90 Å². The summed E-state index contributed by atoms with van der Waals surface area (Å²) in [5.74, 6) is -0.280. The van der Waals surface area contributed by atoms with Gasteiger partial charge in [0.05, 0.1) is 0 Å². The van der Waals surface area contributed by atoms with Gasteiger partial charge in [-0.05, 0) is 43.5 Å². The van der Waals surface area contributed by atoms with Gasteiger partial charge in [0, 0.05) is 19.5 Å². The Hall–Kier alpha value is -2.82. The normalized spacial score (nSPS) is 10.4. The van der Waals surface area contributed by atoms with E-state index in [1.165, 1.54) is 5.56 Å². The minimum absolute atomic E-state index is 0.0197. The molecule has 2 aromatic rings. The molecule has 0 bridgehead atoms. The second-order valence-corrected chi connectivity index (χ2v) is 6.22. The van der Waals surface area contributed by atoms with E-state index >= 15 is 0 Å². The summed E-state index contributed by atoms with van der Waals surface area (Å²) in [6.45, 7) is 5.14. The van der Waals surface area contributed by atoms with Crippen LogP contribution in [0.5, 0.6) is 5.75 Å². The molecule has 2 aromatic carbocycles. The van der Waals surface area contributed by atoms with E-state index < -0.39 is 5.97 Å². The lowest BCUT2D eigenvalue weighted by molar-refractivity contribution is -0.137. The smallest absolute Gasteiger partial charge is 0.303 e. The minimum atomic E-state index is -0.816. The number of likely N-dealkylation sites (N-methyl/N-ethyl adjacent to an activating group) is 1. The molecule has 1 N–H and O–H groups in total. The fourth-order valence-electron chi connectivity index (χ4n) is 2.65. The molecule has 5 heteroatoms. The molecule has 0 radical (unpaired) electrons. The van der Waals surface area contributed by atoms with Crippen LogP contribution in [0.1, 0.15) is 30.0 Å². The molecular formula is C21H25NO4. The minimum Gasteiger partial charge on any atom is -0.484 e. The summed E-state index contributed by atoms with van der Waals surface area (Å²) >= 11 is 0. The predicted molar refractivity (Wildman–Crippen MR) is 100 cm³/mol. The summed E-state index contributed by atoms with van der Waals surface area (Å²) in [5, 5.41) is 8.70. The first-order valence-electron chi connectivity index (χ1n) is 8.74. The van der Waals surface area contributed by atoms with Crippen LogP contribution in [0.2, 0.25) is 0 Å². The van der Waals surface area contributed by atoms with Crippen molar-refractivity contribution in [2.75, 3.05) is 13.2 Å². The second kappa shape index (κ2) is 9.61. The van der Waals surface area contributed by atoms with Gasteiger partial charge in [-0.15, -0.1) is 0 Å². The number of amides is 1. The summed E-state index contributed by atoms with van der Waals surface area (Å²) in [5.41, 5.74) is 3.20. The Kier molecular flexibility index (Phi) is 7.21. The van der Waals surface area contributed by atoms with Crippen molar-refractivity contribution in [1.29, 1.82) is 0 Å². The van der Waals surface area contributed by atoms with E-state index in [1.54, 1.807) is 17.0 Å². The van der Waals surface area contributed by atoms with Crippen molar-refractivity contribution in [3.05, 3.63) is 65.2 Å². The molecular weight excluding hydrogens is 330 g/mol. The molecule has 0 heterocycles. The van der Waals surface area contributed by atoms with Gasteiger partial charge in [0.25, 0.3) is 5.91 Å². The van der Waals surface area contributed by atoms with Gasteiger partial charge in [-0.3, -0.25) is 9.59 Å². The molecule has 0 aliphatic rings. The SMILES string of the molecule is CCN(Cc1cccc(C)c1)C(=O)COc1ccc(CCC(=O)O)cc1. The number of carboxylic acids is 1. The van der Waals surface area contributed by atoms with E-state index in [1.807, 2.05) is 44.2 Å². The Morgan fingerprint density at radius 3 is 2.42 bits per heavy atom. The number of aryl methyl sites for hydroxylation is 2. The Morgan fingerprint density at radius 2 is 1.81 bits per heavy atom. The molecule has 0 atom stereocenters. The molecule has 5 nitrogen and oxygen atoms in total. The second-order valence-electron chi connectivity index (χ2n) is 6.22. The van der Waals surface area contributed by atoms with E-state index in [-0.39, 0.29) is 18.9 Å². The standard InChI is InChI=1S/C21H25NO4/c1-3-22(14-18-6-4-5-16(2)13-18)20(23)15-26-19-10-7-17(8-11-19)9-12-21(24)25/h4-8,10-11,13H,3,9,12,14-15H2,1-2H3,(H,24,25).